The standard InChI is InChI=1S/C14H13Cl2NO4/c15-10-3-1-2-9(13(10)16)4-5-12(18)17-6-7-21-8-11(17)14(19)20/h1-5,11H,6-8H2,(H,19,20). The molecule has 1 saturated heterocycles. The van der Waals surface area contributed by atoms with Crippen molar-refractivity contribution >= 4 is 41.2 Å². The normalized spacial score (nSPS) is 19.0. The van der Waals surface area contributed by atoms with Crippen LogP contribution in [0.5, 0.6) is 0 Å². The number of carbonyl (C=O) groups excluding carboxylic acids is 1. The number of hydrogen-bond donors (Lipinski definition) is 1. The predicted octanol–water partition coefficient (Wildman–Crippen LogP) is 2.32. The molecule has 1 fully saturated rings. The second-order valence-corrected chi connectivity index (χ2v) is 5.22. The van der Waals surface area contributed by atoms with Crippen LogP contribution in [0.2, 0.25) is 10.0 Å². The van der Waals surface area contributed by atoms with E-state index in [0.717, 1.165) is 0 Å². The van der Waals surface area contributed by atoms with Gasteiger partial charge >= 0.3 is 5.97 Å². The number of ether oxygens (including phenoxy) is 1. The summed E-state index contributed by atoms with van der Waals surface area (Å²) in [4.78, 5) is 24.5. The number of rotatable bonds is 3. The number of nitrogens with zero attached hydrogens (tertiary/aromatic N) is 1. The van der Waals surface area contributed by atoms with Crippen LogP contribution in [0.15, 0.2) is 24.3 Å². The van der Waals surface area contributed by atoms with Gasteiger partial charge in [0.25, 0.3) is 0 Å². The van der Waals surface area contributed by atoms with E-state index in [1.165, 1.54) is 17.1 Å². The molecule has 1 unspecified atom stereocenters. The number of carbonyl (C=O) groups is 2. The van der Waals surface area contributed by atoms with E-state index in [1.54, 1.807) is 18.2 Å². The molecule has 2 rings (SSSR count). The van der Waals surface area contributed by atoms with Gasteiger partial charge in [-0.05, 0) is 17.7 Å². The molecule has 1 aliphatic heterocycles. The minimum absolute atomic E-state index is 0.00711. The van der Waals surface area contributed by atoms with Gasteiger partial charge in [0.05, 0.1) is 23.3 Å². The second kappa shape index (κ2) is 6.93. The molecule has 112 valence electrons. The third-order valence-corrected chi connectivity index (χ3v) is 3.92. The lowest BCUT2D eigenvalue weighted by molar-refractivity contribution is -0.156. The van der Waals surface area contributed by atoms with Crippen molar-refractivity contribution in [2.75, 3.05) is 19.8 Å². The van der Waals surface area contributed by atoms with Gasteiger partial charge in [0.1, 0.15) is 0 Å². The van der Waals surface area contributed by atoms with Crippen LogP contribution in [0.1, 0.15) is 5.56 Å². The highest BCUT2D eigenvalue weighted by Gasteiger charge is 2.31. The molecule has 1 aromatic rings. The molecule has 1 aliphatic rings. The van der Waals surface area contributed by atoms with E-state index >= 15 is 0 Å². The van der Waals surface area contributed by atoms with E-state index < -0.39 is 17.9 Å². The van der Waals surface area contributed by atoms with Gasteiger partial charge in [-0.15, -0.1) is 0 Å². The summed E-state index contributed by atoms with van der Waals surface area (Å²) in [6.45, 7) is 0.553. The van der Waals surface area contributed by atoms with Crippen LogP contribution in [0.3, 0.4) is 0 Å². The van der Waals surface area contributed by atoms with E-state index in [-0.39, 0.29) is 13.2 Å². The Morgan fingerprint density at radius 2 is 2.14 bits per heavy atom. The van der Waals surface area contributed by atoms with Gasteiger partial charge < -0.3 is 14.7 Å². The fraction of sp³-hybridized carbons (Fsp3) is 0.286. The number of carboxylic acids is 1. The Bertz CT molecular complexity index is 588. The van der Waals surface area contributed by atoms with Crippen molar-refractivity contribution in [3.8, 4) is 0 Å². The summed E-state index contributed by atoms with van der Waals surface area (Å²) < 4.78 is 5.08. The molecule has 1 amide bonds. The first-order chi connectivity index (χ1) is 10.0. The molecular formula is C14H13Cl2NO4. The van der Waals surface area contributed by atoms with Crippen LogP contribution in [-0.4, -0.2) is 47.7 Å². The minimum Gasteiger partial charge on any atom is -0.480 e. The lowest BCUT2D eigenvalue weighted by Gasteiger charge is -2.32. The minimum atomic E-state index is -1.09. The molecule has 0 bridgehead atoms. The number of benzene rings is 1. The molecular weight excluding hydrogens is 317 g/mol. The van der Waals surface area contributed by atoms with E-state index in [4.69, 9.17) is 33.0 Å². The molecule has 0 radical (unpaired) electrons. The topological polar surface area (TPSA) is 66.8 Å². The molecule has 1 N–H and O–H groups in total. The number of hydrogen-bond acceptors (Lipinski definition) is 3. The first kappa shape index (κ1) is 15.8. The number of morpholine rings is 1. The molecule has 1 atom stereocenters. The molecule has 21 heavy (non-hydrogen) atoms. The summed E-state index contributed by atoms with van der Waals surface area (Å²) in [5, 5.41) is 9.82. The molecule has 0 aromatic heterocycles. The fourth-order valence-corrected chi connectivity index (χ4v) is 2.35. The number of amides is 1. The lowest BCUT2D eigenvalue weighted by atomic mass is 10.2. The van der Waals surface area contributed by atoms with E-state index in [9.17, 15) is 9.59 Å². The number of carboxylic acid groups (broad SMARTS) is 1. The molecule has 0 saturated carbocycles. The summed E-state index contributed by atoms with van der Waals surface area (Å²) in [6.07, 6.45) is 2.81. The Hall–Kier alpha value is -1.56. The average molecular weight is 330 g/mol. The van der Waals surface area contributed by atoms with Crippen molar-refractivity contribution in [3.05, 3.63) is 39.9 Å². The maximum absolute atomic E-state index is 12.1. The summed E-state index contributed by atoms with van der Waals surface area (Å²) in [6, 6.07) is 4.11. The van der Waals surface area contributed by atoms with Gasteiger partial charge in [-0.25, -0.2) is 4.79 Å². The van der Waals surface area contributed by atoms with Crippen molar-refractivity contribution in [1.29, 1.82) is 0 Å². The third kappa shape index (κ3) is 3.75. The number of aliphatic carboxylic acids is 1. The zero-order valence-corrected chi connectivity index (χ0v) is 12.5. The van der Waals surface area contributed by atoms with E-state index in [1.807, 2.05) is 0 Å². The zero-order chi connectivity index (χ0) is 15.4. The van der Waals surface area contributed by atoms with Gasteiger partial charge in [0.2, 0.25) is 5.91 Å². The predicted molar refractivity (Wildman–Crippen MR) is 79.5 cm³/mol. The first-order valence-corrected chi connectivity index (χ1v) is 6.99. The highest BCUT2D eigenvalue weighted by atomic mass is 35.5. The van der Waals surface area contributed by atoms with Crippen LogP contribution >= 0.6 is 23.2 Å². The first-order valence-electron chi connectivity index (χ1n) is 6.24. The maximum atomic E-state index is 12.1. The van der Waals surface area contributed by atoms with Crippen molar-refractivity contribution in [3.63, 3.8) is 0 Å². The highest BCUT2D eigenvalue weighted by molar-refractivity contribution is 6.42. The summed E-state index contributed by atoms with van der Waals surface area (Å²) >= 11 is 11.9. The number of halogens is 2. The third-order valence-electron chi connectivity index (χ3n) is 3.08. The second-order valence-electron chi connectivity index (χ2n) is 4.44. The molecule has 7 heteroatoms. The quantitative estimate of drug-likeness (QED) is 0.864. The Morgan fingerprint density at radius 3 is 2.86 bits per heavy atom. The van der Waals surface area contributed by atoms with Crippen LogP contribution in [0, 0.1) is 0 Å². The van der Waals surface area contributed by atoms with Crippen molar-refractivity contribution < 1.29 is 19.4 Å². The van der Waals surface area contributed by atoms with Gasteiger partial charge in [0.15, 0.2) is 6.04 Å². The van der Waals surface area contributed by atoms with Crippen molar-refractivity contribution in [2.24, 2.45) is 0 Å². The summed E-state index contributed by atoms with van der Waals surface area (Å²) in [5.41, 5.74) is 0.595. The largest absolute Gasteiger partial charge is 0.480 e. The smallest absolute Gasteiger partial charge is 0.328 e. The Labute approximate surface area is 131 Å². The average Bonchev–Trinajstić information content (AvgIpc) is 2.48. The molecule has 1 aromatic carbocycles. The van der Waals surface area contributed by atoms with E-state index in [0.29, 0.717) is 22.2 Å². The maximum Gasteiger partial charge on any atom is 0.328 e. The molecule has 1 heterocycles. The van der Waals surface area contributed by atoms with Crippen molar-refractivity contribution in [2.45, 2.75) is 6.04 Å². The van der Waals surface area contributed by atoms with Gasteiger partial charge in [-0.1, -0.05) is 35.3 Å². The summed E-state index contributed by atoms with van der Waals surface area (Å²) in [5.74, 6) is -1.49. The van der Waals surface area contributed by atoms with Crippen LogP contribution in [0.4, 0.5) is 0 Å². The molecule has 0 aliphatic carbocycles. The van der Waals surface area contributed by atoms with Gasteiger partial charge in [0, 0.05) is 12.6 Å². The fourth-order valence-electron chi connectivity index (χ4n) is 1.98. The van der Waals surface area contributed by atoms with Crippen LogP contribution in [-0.2, 0) is 14.3 Å². The molecule has 5 nitrogen and oxygen atoms in total. The van der Waals surface area contributed by atoms with Crippen LogP contribution in [0.25, 0.3) is 6.08 Å². The Kier molecular flexibility index (Phi) is 5.22. The van der Waals surface area contributed by atoms with Crippen LogP contribution < -0.4 is 0 Å². The monoisotopic (exact) mass is 329 g/mol. The van der Waals surface area contributed by atoms with Crippen molar-refractivity contribution in [1.82, 2.24) is 4.90 Å². The van der Waals surface area contributed by atoms with E-state index in [2.05, 4.69) is 0 Å². The highest BCUT2D eigenvalue weighted by Crippen LogP contribution is 2.26. The Morgan fingerprint density at radius 1 is 1.38 bits per heavy atom. The SMILES string of the molecule is O=C(O)C1COCCN1C(=O)C=Cc1cccc(Cl)c1Cl. The Balaban J connectivity index is 2.14. The van der Waals surface area contributed by atoms with Gasteiger partial charge in [-0.2, -0.15) is 0 Å². The molecule has 0 spiro atoms. The van der Waals surface area contributed by atoms with Gasteiger partial charge in [-0.3, -0.25) is 4.79 Å². The lowest BCUT2D eigenvalue weighted by Crippen LogP contribution is -2.52. The summed E-state index contributed by atoms with van der Waals surface area (Å²) in [7, 11) is 0. The zero-order valence-electron chi connectivity index (χ0n) is 11.0.